The first-order chi connectivity index (χ1) is 8.38. The predicted octanol–water partition coefficient (Wildman–Crippen LogP) is 2.84. The van der Waals surface area contributed by atoms with Crippen molar-refractivity contribution in [2.75, 3.05) is 12.4 Å². The number of hydrogen-bond acceptors (Lipinski definition) is 3. The third-order valence-corrected chi connectivity index (χ3v) is 2.49. The molecular weight excluding hydrogens is 212 g/mol. The van der Waals surface area contributed by atoms with Crippen molar-refractivity contribution in [1.82, 2.24) is 4.98 Å². The van der Waals surface area contributed by atoms with Crippen LogP contribution in [0.3, 0.4) is 0 Å². The van der Waals surface area contributed by atoms with Crippen molar-refractivity contribution in [3.63, 3.8) is 0 Å². The molecule has 0 saturated carbocycles. The third kappa shape index (κ3) is 3.57. The highest BCUT2D eigenvalue weighted by molar-refractivity contribution is 5.40. The number of nitrogens with one attached hydrogen (secondary N) is 1. The molecule has 3 heteroatoms. The van der Waals surface area contributed by atoms with Gasteiger partial charge in [0.05, 0.1) is 12.3 Å². The molecule has 0 fully saturated rings. The van der Waals surface area contributed by atoms with E-state index in [0.717, 1.165) is 12.2 Å². The predicted molar refractivity (Wildman–Crippen MR) is 68.7 cm³/mol. The van der Waals surface area contributed by atoms with Crippen LogP contribution in [-0.2, 0) is 17.9 Å². The largest absolute Gasteiger partial charge is 0.380 e. The fraction of sp³-hybridized carbons (Fsp3) is 0.214. The van der Waals surface area contributed by atoms with Crippen LogP contribution in [0, 0.1) is 0 Å². The average Bonchev–Trinajstić information content (AvgIpc) is 2.40. The van der Waals surface area contributed by atoms with Crippen molar-refractivity contribution in [1.29, 1.82) is 0 Å². The van der Waals surface area contributed by atoms with E-state index in [1.54, 1.807) is 13.3 Å². The fourth-order valence-electron chi connectivity index (χ4n) is 1.59. The maximum atomic E-state index is 5.07. The van der Waals surface area contributed by atoms with E-state index in [1.807, 2.05) is 18.3 Å². The summed E-state index contributed by atoms with van der Waals surface area (Å²) in [5.74, 6) is 0. The minimum Gasteiger partial charge on any atom is -0.380 e. The van der Waals surface area contributed by atoms with E-state index in [0.29, 0.717) is 6.61 Å². The van der Waals surface area contributed by atoms with Crippen molar-refractivity contribution in [2.24, 2.45) is 0 Å². The zero-order valence-corrected chi connectivity index (χ0v) is 9.89. The Kier molecular flexibility index (Phi) is 4.11. The summed E-state index contributed by atoms with van der Waals surface area (Å²) in [6.45, 7) is 1.47. The average molecular weight is 228 g/mol. The monoisotopic (exact) mass is 228 g/mol. The third-order valence-electron chi connectivity index (χ3n) is 2.49. The van der Waals surface area contributed by atoms with Crippen molar-refractivity contribution < 1.29 is 4.74 Å². The van der Waals surface area contributed by atoms with Crippen LogP contribution in [0.15, 0.2) is 48.8 Å². The molecule has 1 aromatic carbocycles. The number of hydrogen-bond donors (Lipinski definition) is 1. The van der Waals surface area contributed by atoms with E-state index in [-0.39, 0.29) is 0 Å². The quantitative estimate of drug-likeness (QED) is 0.854. The van der Waals surface area contributed by atoms with Gasteiger partial charge >= 0.3 is 0 Å². The molecule has 0 aliphatic heterocycles. The lowest BCUT2D eigenvalue weighted by Gasteiger charge is -2.06. The molecule has 1 aromatic heterocycles. The summed E-state index contributed by atoms with van der Waals surface area (Å²) < 4.78 is 5.07. The highest BCUT2D eigenvalue weighted by atomic mass is 16.5. The molecule has 17 heavy (non-hydrogen) atoms. The first kappa shape index (κ1) is 11.6. The lowest BCUT2D eigenvalue weighted by Crippen LogP contribution is -1.99. The Bertz CT molecular complexity index is 440. The highest BCUT2D eigenvalue weighted by Gasteiger charge is 1.95. The standard InChI is InChI=1S/C14H16N2O/c1-17-11-13-6-4-12(5-7-13)9-16-14-3-2-8-15-10-14/h2-8,10,16H,9,11H2,1H3. The highest BCUT2D eigenvalue weighted by Crippen LogP contribution is 2.09. The Labute approximate surface area is 101 Å². The molecule has 0 radical (unpaired) electrons. The molecule has 88 valence electrons. The van der Waals surface area contributed by atoms with Gasteiger partial charge < -0.3 is 10.1 Å². The number of methoxy groups -OCH3 is 1. The number of nitrogens with zero attached hydrogens (tertiary/aromatic N) is 1. The fourth-order valence-corrected chi connectivity index (χ4v) is 1.59. The Morgan fingerprint density at radius 3 is 2.53 bits per heavy atom. The minimum atomic E-state index is 0.663. The molecular formula is C14H16N2O. The summed E-state index contributed by atoms with van der Waals surface area (Å²) in [4.78, 5) is 4.06. The number of benzene rings is 1. The van der Waals surface area contributed by atoms with Gasteiger partial charge in [0.15, 0.2) is 0 Å². The van der Waals surface area contributed by atoms with Gasteiger partial charge in [-0.25, -0.2) is 0 Å². The zero-order valence-electron chi connectivity index (χ0n) is 9.89. The molecule has 0 aliphatic carbocycles. The van der Waals surface area contributed by atoms with Crippen molar-refractivity contribution in [3.05, 3.63) is 59.9 Å². The molecule has 2 rings (SSSR count). The molecule has 0 saturated heterocycles. The molecule has 1 N–H and O–H groups in total. The van der Waals surface area contributed by atoms with Gasteiger partial charge in [-0.05, 0) is 23.3 Å². The Morgan fingerprint density at radius 2 is 1.88 bits per heavy atom. The molecule has 3 nitrogen and oxygen atoms in total. The molecule has 0 amide bonds. The van der Waals surface area contributed by atoms with Gasteiger partial charge in [0.1, 0.15) is 0 Å². The molecule has 2 aromatic rings. The van der Waals surface area contributed by atoms with Crippen LogP contribution >= 0.6 is 0 Å². The van der Waals surface area contributed by atoms with Crippen LogP contribution in [0.4, 0.5) is 5.69 Å². The first-order valence-corrected chi connectivity index (χ1v) is 5.59. The Morgan fingerprint density at radius 1 is 1.12 bits per heavy atom. The Hall–Kier alpha value is -1.87. The topological polar surface area (TPSA) is 34.1 Å². The maximum absolute atomic E-state index is 5.07. The van der Waals surface area contributed by atoms with E-state index in [9.17, 15) is 0 Å². The summed E-state index contributed by atoms with van der Waals surface area (Å²) in [5, 5.41) is 3.32. The molecule has 0 bridgehead atoms. The lowest BCUT2D eigenvalue weighted by molar-refractivity contribution is 0.185. The van der Waals surface area contributed by atoms with Crippen LogP contribution < -0.4 is 5.32 Å². The second-order valence-corrected chi connectivity index (χ2v) is 3.84. The van der Waals surface area contributed by atoms with Crippen LogP contribution in [0.5, 0.6) is 0 Å². The Balaban J connectivity index is 1.91. The van der Waals surface area contributed by atoms with Crippen LogP contribution in [0.1, 0.15) is 11.1 Å². The summed E-state index contributed by atoms with van der Waals surface area (Å²) >= 11 is 0. The van der Waals surface area contributed by atoms with Gasteiger partial charge in [-0.2, -0.15) is 0 Å². The summed E-state index contributed by atoms with van der Waals surface area (Å²) in [6, 6.07) is 12.3. The van der Waals surface area contributed by atoms with Gasteiger partial charge in [-0.1, -0.05) is 24.3 Å². The minimum absolute atomic E-state index is 0.663. The van der Waals surface area contributed by atoms with Crippen molar-refractivity contribution >= 4 is 5.69 Å². The molecule has 1 heterocycles. The van der Waals surface area contributed by atoms with E-state index < -0.39 is 0 Å². The summed E-state index contributed by atoms with van der Waals surface area (Å²) in [5.41, 5.74) is 3.47. The summed E-state index contributed by atoms with van der Waals surface area (Å²) in [6.07, 6.45) is 3.59. The number of pyridine rings is 1. The van der Waals surface area contributed by atoms with E-state index in [1.165, 1.54) is 11.1 Å². The van der Waals surface area contributed by atoms with Crippen LogP contribution in [0.2, 0.25) is 0 Å². The van der Waals surface area contributed by atoms with Gasteiger partial charge in [-0.3, -0.25) is 4.98 Å². The second kappa shape index (κ2) is 6.01. The molecule has 0 spiro atoms. The van der Waals surface area contributed by atoms with E-state index in [4.69, 9.17) is 4.74 Å². The van der Waals surface area contributed by atoms with Gasteiger partial charge in [0, 0.05) is 26.0 Å². The van der Waals surface area contributed by atoms with E-state index >= 15 is 0 Å². The molecule has 0 unspecified atom stereocenters. The number of ether oxygens (including phenoxy) is 1. The number of aromatic nitrogens is 1. The molecule has 0 atom stereocenters. The van der Waals surface area contributed by atoms with Gasteiger partial charge in [0.25, 0.3) is 0 Å². The first-order valence-electron chi connectivity index (χ1n) is 5.59. The summed E-state index contributed by atoms with van der Waals surface area (Å²) in [7, 11) is 1.71. The normalized spacial score (nSPS) is 10.2. The van der Waals surface area contributed by atoms with Crippen LogP contribution in [0.25, 0.3) is 0 Å². The van der Waals surface area contributed by atoms with Crippen LogP contribution in [-0.4, -0.2) is 12.1 Å². The smallest absolute Gasteiger partial charge is 0.0713 e. The SMILES string of the molecule is COCc1ccc(CNc2cccnc2)cc1. The number of anilines is 1. The van der Waals surface area contributed by atoms with Crippen molar-refractivity contribution in [3.8, 4) is 0 Å². The second-order valence-electron chi connectivity index (χ2n) is 3.84. The number of rotatable bonds is 5. The maximum Gasteiger partial charge on any atom is 0.0713 e. The van der Waals surface area contributed by atoms with E-state index in [2.05, 4.69) is 34.6 Å². The van der Waals surface area contributed by atoms with Gasteiger partial charge in [-0.15, -0.1) is 0 Å². The van der Waals surface area contributed by atoms with Gasteiger partial charge in [0.2, 0.25) is 0 Å². The zero-order chi connectivity index (χ0) is 11.9. The van der Waals surface area contributed by atoms with Crippen molar-refractivity contribution in [2.45, 2.75) is 13.2 Å². The lowest BCUT2D eigenvalue weighted by atomic mass is 10.1. The molecule has 0 aliphatic rings.